The molecule has 2 N–H and O–H groups in total. The number of piperidine rings is 1. The summed E-state index contributed by atoms with van der Waals surface area (Å²) in [5.74, 6) is 0.929. The third-order valence-electron chi connectivity index (χ3n) is 4.43. The molecule has 0 radical (unpaired) electrons. The monoisotopic (exact) mass is 324 g/mol. The minimum Gasteiger partial charge on any atom is -0.353 e. The molecule has 0 aliphatic carbocycles. The summed E-state index contributed by atoms with van der Waals surface area (Å²) in [5, 5.41) is 6.51. The van der Waals surface area contributed by atoms with Crippen molar-refractivity contribution in [3.63, 3.8) is 0 Å². The Balaban J connectivity index is 0.00000242. The van der Waals surface area contributed by atoms with Gasteiger partial charge in [-0.05, 0) is 69.7 Å². The molecule has 4 heteroatoms. The lowest BCUT2D eigenvalue weighted by molar-refractivity contribution is -0.122. The van der Waals surface area contributed by atoms with Gasteiger partial charge in [0.05, 0.1) is 0 Å². The van der Waals surface area contributed by atoms with E-state index in [1.807, 2.05) is 0 Å². The normalized spacial score (nSPS) is 16.6. The zero-order valence-corrected chi connectivity index (χ0v) is 14.5. The van der Waals surface area contributed by atoms with Gasteiger partial charge in [-0.2, -0.15) is 0 Å². The lowest BCUT2D eigenvalue weighted by Gasteiger charge is -2.22. The van der Waals surface area contributed by atoms with E-state index in [0.29, 0.717) is 6.42 Å². The first-order valence-electron chi connectivity index (χ1n) is 8.19. The first-order chi connectivity index (χ1) is 10.1. The number of amides is 1. The number of carbonyl (C=O) groups is 1. The maximum absolute atomic E-state index is 12.0. The number of benzene rings is 1. The first-order valence-corrected chi connectivity index (χ1v) is 8.19. The van der Waals surface area contributed by atoms with E-state index in [4.69, 9.17) is 0 Å². The number of rotatable bonds is 6. The Hall–Kier alpha value is -1.06. The zero-order chi connectivity index (χ0) is 15.1. The number of hydrogen-bond acceptors (Lipinski definition) is 2. The van der Waals surface area contributed by atoms with Gasteiger partial charge in [-0.3, -0.25) is 4.79 Å². The maximum atomic E-state index is 12.0. The van der Waals surface area contributed by atoms with Crippen LogP contribution in [0.3, 0.4) is 0 Å². The highest BCUT2D eigenvalue weighted by atomic mass is 35.5. The van der Waals surface area contributed by atoms with Crippen LogP contribution in [0, 0.1) is 12.8 Å². The van der Waals surface area contributed by atoms with E-state index in [9.17, 15) is 4.79 Å². The van der Waals surface area contributed by atoms with Gasteiger partial charge in [0, 0.05) is 12.5 Å². The highest BCUT2D eigenvalue weighted by Gasteiger charge is 2.15. The lowest BCUT2D eigenvalue weighted by Crippen LogP contribution is -2.35. The van der Waals surface area contributed by atoms with Crippen molar-refractivity contribution in [2.45, 2.75) is 52.0 Å². The summed E-state index contributed by atoms with van der Waals surface area (Å²) in [5.41, 5.74) is 2.62. The van der Waals surface area contributed by atoms with Crippen molar-refractivity contribution >= 4 is 18.3 Å². The van der Waals surface area contributed by atoms with Crippen LogP contribution in [0.2, 0.25) is 0 Å². The fourth-order valence-electron chi connectivity index (χ4n) is 3.07. The van der Waals surface area contributed by atoms with Gasteiger partial charge >= 0.3 is 0 Å². The van der Waals surface area contributed by atoms with E-state index in [0.717, 1.165) is 31.8 Å². The zero-order valence-electron chi connectivity index (χ0n) is 13.7. The minimum atomic E-state index is 0. The molecule has 1 amide bonds. The first kappa shape index (κ1) is 19.0. The Morgan fingerprint density at radius 1 is 1.32 bits per heavy atom. The molecule has 1 aromatic rings. The topological polar surface area (TPSA) is 41.1 Å². The second-order valence-electron chi connectivity index (χ2n) is 6.33. The fraction of sp³-hybridized carbons (Fsp3) is 0.611. The molecular weight excluding hydrogens is 296 g/mol. The van der Waals surface area contributed by atoms with Crippen LogP contribution in [-0.4, -0.2) is 25.0 Å². The quantitative estimate of drug-likeness (QED) is 0.843. The third-order valence-corrected chi connectivity index (χ3v) is 4.43. The van der Waals surface area contributed by atoms with Gasteiger partial charge in [0.25, 0.3) is 0 Å². The van der Waals surface area contributed by atoms with Crippen LogP contribution in [0.15, 0.2) is 24.3 Å². The summed E-state index contributed by atoms with van der Waals surface area (Å²) in [6.07, 6.45) is 5.04. The SMILES string of the molecule is Cc1ccccc1CC(C)NC(=O)CCC1CCNCC1.Cl. The van der Waals surface area contributed by atoms with E-state index in [1.54, 1.807) is 0 Å². The molecule has 124 valence electrons. The Morgan fingerprint density at radius 2 is 2.00 bits per heavy atom. The average molecular weight is 325 g/mol. The van der Waals surface area contributed by atoms with Gasteiger partial charge in [-0.15, -0.1) is 12.4 Å². The van der Waals surface area contributed by atoms with Crippen LogP contribution < -0.4 is 10.6 Å². The predicted molar refractivity (Wildman–Crippen MR) is 94.6 cm³/mol. The molecule has 0 spiro atoms. The van der Waals surface area contributed by atoms with Gasteiger partial charge in [-0.25, -0.2) is 0 Å². The molecule has 1 aromatic carbocycles. The number of halogens is 1. The van der Waals surface area contributed by atoms with E-state index in [1.165, 1.54) is 24.0 Å². The molecule has 0 bridgehead atoms. The van der Waals surface area contributed by atoms with Crippen molar-refractivity contribution in [3.8, 4) is 0 Å². The van der Waals surface area contributed by atoms with Gasteiger partial charge in [0.15, 0.2) is 0 Å². The molecule has 1 saturated heterocycles. The van der Waals surface area contributed by atoms with Crippen LogP contribution >= 0.6 is 12.4 Å². The molecule has 2 rings (SSSR count). The highest BCUT2D eigenvalue weighted by molar-refractivity contribution is 5.85. The van der Waals surface area contributed by atoms with Crippen molar-refractivity contribution in [2.75, 3.05) is 13.1 Å². The van der Waals surface area contributed by atoms with Crippen LogP contribution in [0.25, 0.3) is 0 Å². The van der Waals surface area contributed by atoms with Crippen LogP contribution in [0.4, 0.5) is 0 Å². The van der Waals surface area contributed by atoms with Gasteiger partial charge < -0.3 is 10.6 Å². The Morgan fingerprint density at radius 3 is 2.68 bits per heavy atom. The lowest BCUT2D eigenvalue weighted by atomic mass is 9.93. The highest BCUT2D eigenvalue weighted by Crippen LogP contribution is 2.17. The second kappa shape index (κ2) is 9.86. The van der Waals surface area contributed by atoms with E-state index in [2.05, 4.69) is 48.7 Å². The largest absolute Gasteiger partial charge is 0.353 e. The number of aryl methyl sites for hydroxylation is 1. The van der Waals surface area contributed by atoms with Gasteiger partial charge in [-0.1, -0.05) is 24.3 Å². The molecule has 0 saturated carbocycles. The summed E-state index contributed by atoms with van der Waals surface area (Å²) in [6.45, 7) is 6.43. The van der Waals surface area contributed by atoms with E-state index < -0.39 is 0 Å². The maximum Gasteiger partial charge on any atom is 0.220 e. The van der Waals surface area contributed by atoms with Gasteiger partial charge in [0.2, 0.25) is 5.91 Å². The molecule has 1 aliphatic heterocycles. The predicted octanol–water partition coefficient (Wildman–Crippen LogP) is 3.24. The molecule has 1 heterocycles. The molecule has 1 unspecified atom stereocenters. The van der Waals surface area contributed by atoms with Crippen LogP contribution in [0.5, 0.6) is 0 Å². The minimum absolute atomic E-state index is 0. The van der Waals surface area contributed by atoms with Crippen molar-refractivity contribution < 1.29 is 4.79 Å². The summed E-state index contributed by atoms with van der Waals surface area (Å²) in [4.78, 5) is 12.0. The molecule has 1 fully saturated rings. The van der Waals surface area contributed by atoms with E-state index >= 15 is 0 Å². The standard InChI is InChI=1S/C18H28N2O.ClH/c1-14-5-3-4-6-17(14)13-15(2)20-18(21)8-7-16-9-11-19-12-10-16;/h3-6,15-16,19H,7-13H2,1-2H3,(H,20,21);1H. The molecule has 1 atom stereocenters. The van der Waals surface area contributed by atoms with Crippen molar-refractivity contribution in [1.29, 1.82) is 0 Å². The molecule has 3 nitrogen and oxygen atoms in total. The Kier molecular flexibility index (Phi) is 8.51. The van der Waals surface area contributed by atoms with Crippen molar-refractivity contribution in [3.05, 3.63) is 35.4 Å². The Bertz CT molecular complexity index is 458. The second-order valence-corrected chi connectivity index (χ2v) is 6.33. The number of hydrogen-bond donors (Lipinski definition) is 2. The molecule has 22 heavy (non-hydrogen) atoms. The molecular formula is C18H29ClN2O. The number of nitrogens with one attached hydrogen (secondary N) is 2. The fourth-order valence-corrected chi connectivity index (χ4v) is 3.07. The van der Waals surface area contributed by atoms with Crippen LogP contribution in [-0.2, 0) is 11.2 Å². The number of carbonyl (C=O) groups excluding carboxylic acids is 1. The Labute approximate surface area is 140 Å². The summed E-state index contributed by atoms with van der Waals surface area (Å²) in [7, 11) is 0. The molecule has 1 aliphatic rings. The molecule has 0 aromatic heterocycles. The van der Waals surface area contributed by atoms with E-state index in [-0.39, 0.29) is 24.4 Å². The summed E-state index contributed by atoms with van der Waals surface area (Å²) < 4.78 is 0. The van der Waals surface area contributed by atoms with Crippen molar-refractivity contribution in [2.24, 2.45) is 5.92 Å². The van der Waals surface area contributed by atoms with Crippen molar-refractivity contribution in [1.82, 2.24) is 10.6 Å². The average Bonchev–Trinajstić information content (AvgIpc) is 2.48. The van der Waals surface area contributed by atoms with Crippen LogP contribution in [0.1, 0.15) is 43.7 Å². The smallest absolute Gasteiger partial charge is 0.220 e. The third kappa shape index (κ3) is 6.37. The summed E-state index contributed by atoms with van der Waals surface area (Å²) >= 11 is 0. The van der Waals surface area contributed by atoms with Gasteiger partial charge in [0.1, 0.15) is 0 Å². The summed E-state index contributed by atoms with van der Waals surface area (Å²) in [6, 6.07) is 8.59.